The monoisotopic (exact) mass is 478 g/mol. The van der Waals surface area contributed by atoms with E-state index in [2.05, 4.69) is 0 Å². The van der Waals surface area contributed by atoms with Crippen molar-refractivity contribution in [1.82, 2.24) is 0 Å². The molecule has 2 N–H and O–H groups in total. The Morgan fingerprint density at radius 2 is 1.03 bits per heavy atom. The standard InChI is InChI=1S/C24H30O10/c1-3-31-23(27)21-17(25)7-5-9-19(21)33-15-13-29-11-12-30-14-16-34-20-10-6-8-18(26)22(20)24(28)32-4-2/h5-10,25-26H,3-4,11-16H2,1-2H3. The predicted molar refractivity (Wildman–Crippen MR) is 121 cm³/mol. The number of phenolic OH excluding ortho intramolecular Hbond substituents is 2. The maximum Gasteiger partial charge on any atom is 0.345 e. The molecule has 0 aliphatic carbocycles. The third kappa shape index (κ3) is 8.13. The van der Waals surface area contributed by atoms with E-state index >= 15 is 0 Å². The van der Waals surface area contributed by atoms with Gasteiger partial charge in [-0.2, -0.15) is 0 Å². The first-order valence-corrected chi connectivity index (χ1v) is 10.9. The molecule has 10 heteroatoms. The number of benzene rings is 2. The van der Waals surface area contributed by atoms with Crippen LogP contribution in [0.1, 0.15) is 34.6 Å². The van der Waals surface area contributed by atoms with Crippen molar-refractivity contribution in [3.8, 4) is 23.0 Å². The second kappa shape index (κ2) is 14.6. The maximum absolute atomic E-state index is 12.0. The highest BCUT2D eigenvalue weighted by atomic mass is 16.6. The van der Waals surface area contributed by atoms with Crippen molar-refractivity contribution >= 4 is 11.9 Å². The number of phenols is 2. The molecular formula is C24H30O10. The fourth-order valence-electron chi connectivity index (χ4n) is 2.84. The van der Waals surface area contributed by atoms with E-state index in [0.29, 0.717) is 13.2 Å². The van der Waals surface area contributed by atoms with Gasteiger partial charge in [-0.15, -0.1) is 0 Å². The molecule has 0 aromatic heterocycles. The van der Waals surface area contributed by atoms with Crippen LogP contribution in [-0.2, 0) is 18.9 Å². The Bertz CT molecular complexity index is 852. The van der Waals surface area contributed by atoms with Crippen molar-refractivity contribution in [3.63, 3.8) is 0 Å². The minimum Gasteiger partial charge on any atom is -0.507 e. The average Bonchev–Trinajstić information content (AvgIpc) is 2.80. The number of ether oxygens (including phenoxy) is 6. The van der Waals surface area contributed by atoms with E-state index in [0.717, 1.165) is 0 Å². The predicted octanol–water partition coefficient (Wildman–Crippen LogP) is 2.94. The summed E-state index contributed by atoms with van der Waals surface area (Å²) in [5, 5.41) is 19.8. The van der Waals surface area contributed by atoms with Gasteiger partial charge in [0.15, 0.2) is 0 Å². The molecule has 0 aliphatic heterocycles. The van der Waals surface area contributed by atoms with Crippen molar-refractivity contribution < 1.29 is 48.2 Å². The molecule has 0 radical (unpaired) electrons. The van der Waals surface area contributed by atoms with Gasteiger partial charge < -0.3 is 38.6 Å². The van der Waals surface area contributed by atoms with Gasteiger partial charge in [0.1, 0.15) is 47.3 Å². The molecular weight excluding hydrogens is 448 g/mol. The summed E-state index contributed by atoms with van der Waals surface area (Å²) in [4.78, 5) is 24.0. The fourth-order valence-corrected chi connectivity index (χ4v) is 2.84. The number of hydrogen-bond donors (Lipinski definition) is 2. The number of rotatable bonds is 15. The molecule has 186 valence electrons. The van der Waals surface area contributed by atoms with Gasteiger partial charge >= 0.3 is 11.9 Å². The second-order valence-electron chi connectivity index (χ2n) is 6.66. The molecule has 10 nitrogen and oxygen atoms in total. The molecule has 2 aromatic rings. The molecule has 0 atom stereocenters. The van der Waals surface area contributed by atoms with E-state index in [1.54, 1.807) is 38.1 Å². The lowest BCUT2D eigenvalue weighted by Crippen LogP contribution is -2.15. The van der Waals surface area contributed by atoms with E-state index in [1.165, 1.54) is 12.1 Å². The summed E-state index contributed by atoms with van der Waals surface area (Å²) >= 11 is 0. The number of carbonyl (C=O) groups is 2. The van der Waals surface area contributed by atoms with Crippen LogP contribution in [0.2, 0.25) is 0 Å². The first-order chi connectivity index (χ1) is 16.5. The summed E-state index contributed by atoms with van der Waals surface area (Å²) in [5.41, 5.74) is -0.0453. The first kappa shape index (κ1) is 26.7. The fraction of sp³-hybridized carbons (Fsp3) is 0.417. The molecule has 0 amide bonds. The SMILES string of the molecule is CCOC(=O)c1c(O)cccc1OCCOCCOCCOc1cccc(O)c1C(=O)OCC. The van der Waals surface area contributed by atoms with Crippen molar-refractivity contribution in [2.24, 2.45) is 0 Å². The van der Waals surface area contributed by atoms with Gasteiger partial charge in [-0.1, -0.05) is 12.1 Å². The van der Waals surface area contributed by atoms with Crippen LogP contribution in [0.4, 0.5) is 0 Å². The topological polar surface area (TPSA) is 130 Å². The van der Waals surface area contributed by atoms with Crippen LogP contribution in [0.5, 0.6) is 23.0 Å². The van der Waals surface area contributed by atoms with E-state index in [9.17, 15) is 19.8 Å². The Morgan fingerprint density at radius 3 is 1.41 bits per heavy atom. The van der Waals surface area contributed by atoms with Crippen LogP contribution in [0.25, 0.3) is 0 Å². The normalized spacial score (nSPS) is 10.5. The lowest BCUT2D eigenvalue weighted by atomic mass is 10.2. The number of esters is 2. The smallest absolute Gasteiger partial charge is 0.345 e. The van der Waals surface area contributed by atoms with Gasteiger partial charge in [0, 0.05) is 0 Å². The van der Waals surface area contributed by atoms with Crippen LogP contribution in [0.15, 0.2) is 36.4 Å². The highest BCUT2D eigenvalue weighted by Gasteiger charge is 2.19. The summed E-state index contributed by atoms with van der Waals surface area (Å²) in [5.74, 6) is -1.33. The first-order valence-electron chi connectivity index (χ1n) is 10.9. The lowest BCUT2D eigenvalue weighted by molar-refractivity contribution is 0.0265. The largest absolute Gasteiger partial charge is 0.507 e. The van der Waals surface area contributed by atoms with Gasteiger partial charge in [0.25, 0.3) is 0 Å². The molecule has 2 rings (SSSR count). The quantitative estimate of drug-likeness (QED) is 0.291. The number of aromatic hydroxyl groups is 2. The Hall–Kier alpha value is -3.50. The maximum atomic E-state index is 12.0. The van der Waals surface area contributed by atoms with Gasteiger partial charge in [0.2, 0.25) is 0 Å². The van der Waals surface area contributed by atoms with Crippen molar-refractivity contribution in [3.05, 3.63) is 47.5 Å². The van der Waals surface area contributed by atoms with Gasteiger partial charge in [-0.05, 0) is 38.1 Å². The zero-order chi connectivity index (χ0) is 24.8. The van der Waals surface area contributed by atoms with Gasteiger partial charge in [-0.3, -0.25) is 0 Å². The summed E-state index contributed by atoms with van der Waals surface area (Å²) < 4.78 is 31.8. The van der Waals surface area contributed by atoms with Crippen LogP contribution < -0.4 is 9.47 Å². The average molecular weight is 478 g/mol. The zero-order valence-corrected chi connectivity index (χ0v) is 19.3. The molecule has 0 unspecified atom stereocenters. The van der Waals surface area contributed by atoms with Gasteiger partial charge in [-0.25, -0.2) is 9.59 Å². The Morgan fingerprint density at radius 1 is 0.647 bits per heavy atom. The minimum absolute atomic E-state index is 0.0227. The minimum atomic E-state index is -0.660. The van der Waals surface area contributed by atoms with E-state index < -0.39 is 11.9 Å². The third-order valence-corrected chi connectivity index (χ3v) is 4.31. The number of carbonyl (C=O) groups excluding carboxylic acids is 2. The zero-order valence-electron chi connectivity index (χ0n) is 19.3. The molecule has 0 saturated heterocycles. The molecule has 0 heterocycles. The number of hydrogen-bond acceptors (Lipinski definition) is 10. The van der Waals surface area contributed by atoms with Crippen molar-refractivity contribution in [2.75, 3.05) is 52.9 Å². The van der Waals surface area contributed by atoms with Gasteiger partial charge in [0.05, 0.1) is 39.6 Å². The molecule has 2 aromatic carbocycles. The third-order valence-electron chi connectivity index (χ3n) is 4.31. The lowest BCUT2D eigenvalue weighted by Gasteiger charge is -2.13. The molecule has 0 fully saturated rings. The van der Waals surface area contributed by atoms with Crippen LogP contribution in [-0.4, -0.2) is 75.0 Å². The highest BCUT2D eigenvalue weighted by Crippen LogP contribution is 2.29. The highest BCUT2D eigenvalue weighted by molar-refractivity contribution is 5.96. The molecule has 0 saturated carbocycles. The summed E-state index contributed by atoms with van der Waals surface area (Å²) in [6, 6.07) is 9.03. The van der Waals surface area contributed by atoms with Crippen molar-refractivity contribution in [2.45, 2.75) is 13.8 Å². The summed E-state index contributed by atoms with van der Waals surface area (Å²) in [6.45, 7) is 5.11. The summed E-state index contributed by atoms with van der Waals surface area (Å²) in [7, 11) is 0. The van der Waals surface area contributed by atoms with Crippen LogP contribution in [0, 0.1) is 0 Å². The van der Waals surface area contributed by atoms with Crippen LogP contribution in [0.3, 0.4) is 0 Å². The van der Waals surface area contributed by atoms with Crippen LogP contribution >= 0.6 is 0 Å². The molecule has 0 spiro atoms. The van der Waals surface area contributed by atoms with E-state index in [-0.39, 0.29) is 73.8 Å². The second-order valence-corrected chi connectivity index (χ2v) is 6.66. The Labute approximate surface area is 197 Å². The van der Waals surface area contributed by atoms with E-state index in [1.807, 2.05) is 0 Å². The van der Waals surface area contributed by atoms with E-state index in [4.69, 9.17) is 28.4 Å². The van der Waals surface area contributed by atoms with Crippen molar-refractivity contribution in [1.29, 1.82) is 0 Å². The summed E-state index contributed by atoms with van der Waals surface area (Å²) in [6.07, 6.45) is 0. The molecule has 0 bridgehead atoms. The molecule has 0 aliphatic rings. The molecule has 34 heavy (non-hydrogen) atoms. The Kier molecular flexibility index (Phi) is 11.5. The Balaban J connectivity index is 1.64.